The molecule has 0 bridgehead atoms. The van der Waals surface area contributed by atoms with Gasteiger partial charge in [0.15, 0.2) is 0 Å². The molecule has 1 rings (SSSR count). The summed E-state index contributed by atoms with van der Waals surface area (Å²) in [4.78, 5) is 0. The van der Waals surface area contributed by atoms with Crippen molar-refractivity contribution in [3.63, 3.8) is 0 Å². The summed E-state index contributed by atoms with van der Waals surface area (Å²) in [6.07, 6.45) is 2.17. The van der Waals surface area contributed by atoms with Crippen LogP contribution in [-0.4, -0.2) is 20.1 Å². The number of alkyl halides is 1. The summed E-state index contributed by atoms with van der Waals surface area (Å²) in [6, 6.07) is 8.84. The lowest BCUT2D eigenvalue weighted by atomic mass is 10.1. The molecule has 88 valence electrons. The first-order valence-electron chi connectivity index (χ1n) is 4.75. The fourth-order valence-electron chi connectivity index (χ4n) is 1.33. The van der Waals surface area contributed by atoms with Gasteiger partial charge < -0.3 is 0 Å². The Bertz CT molecular complexity index is 454. The Morgan fingerprint density at radius 3 is 2.44 bits per heavy atom. The van der Waals surface area contributed by atoms with E-state index < -0.39 is 16.0 Å². The minimum atomic E-state index is -4.51. The number of benzene rings is 1. The molecular weight excluding hydrogens is 251 g/mol. The molecule has 2 nitrogen and oxygen atoms in total. The fraction of sp³-hybridized carbons (Fsp3) is 0.273. The minimum Gasteiger partial charge on any atom is -0.194 e. The van der Waals surface area contributed by atoms with Gasteiger partial charge in [-0.2, -0.15) is 8.42 Å². The SMILES string of the molecule is O=S(=O)(F)CC(=CCCCl)c1ccccc1. The summed E-state index contributed by atoms with van der Waals surface area (Å²) in [5, 5.41) is 0. The monoisotopic (exact) mass is 262 g/mol. The third-order valence-electron chi connectivity index (χ3n) is 1.97. The van der Waals surface area contributed by atoms with Crippen LogP contribution in [0, 0.1) is 0 Å². The van der Waals surface area contributed by atoms with Crippen LogP contribution < -0.4 is 0 Å². The Hall–Kier alpha value is -0.870. The largest absolute Gasteiger partial charge is 0.306 e. The quantitative estimate of drug-likeness (QED) is 0.604. The molecule has 1 aromatic carbocycles. The highest BCUT2D eigenvalue weighted by Crippen LogP contribution is 2.18. The van der Waals surface area contributed by atoms with Gasteiger partial charge in [0.1, 0.15) is 5.75 Å². The molecule has 0 amide bonds. The maximum atomic E-state index is 12.7. The molecule has 0 radical (unpaired) electrons. The second kappa shape index (κ2) is 6.01. The van der Waals surface area contributed by atoms with E-state index in [1.165, 1.54) is 0 Å². The van der Waals surface area contributed by atoms with Gasteiger partial charge in [0.25, 0.3) is 0 Å². The van der Waals surface area contributed by atoms with E-state index in [0.717, 1.165) is 0 Å². The van der Waals surface area contributed by atoms with E-state index in [1.54, 1.807) is 30.3 Å². The van der Waals surface area contributed by atoms with Gasteiger partial charge in [0.05, 0.1) is 0 Å². The number of rotatable bonds is 5. The van der Waals surface area contributed by atoms with Crippen molar-refractivity contribution in [1.29, 1.82) is 0 Å². The van der Waals surface area contributed by atoms with Crippen LogP contribution in [0.2, 0.25) is 0 Å². The van der Waals surface area contributed by atoms with Crippen LogP contribution in [0.4, 0.5) is 3.89 Å². The molecule has 0 aromatic heterocycles. The van der Waals surface area contributed by atoms with Gasteiger partial charge in [-0.15, -0.1) is 15.5 Å². The topological polar surface area (TPSA) is 34.1 Å². The summed E-state index contributed by atoms with van der Waals surface area (Å²) in [5.41, 5.74) is 1.15. The second-order valence-corrected chi connectivity index (χ2v) is 5.00. The number of halogens is 2. The van der Waals surface area contributed by atoms with Gasteiger partial charge in [-0.25, -0.2) is 0 Å². The Morgan fingerprint density at radius 2 is 1.94 bits per heavy atom. The van der Waals surface area contributed by atoms with E-state index in [9.17, 15) is 12.3 Å². The summed E-state index contributed by atoms with van der Waals surface area (Å²) >= 11 is 5.52. The summed E-state index contributed by atoms with van der Waals surface area (Å²) in [5.74, 6) is -0.226. The van der Waals surface area contributed by atoms with E-state index in [0.29, 0.717) is 23.4 Å². The zero-order valence-corrected chi connectivity index (χ0v) is 10.1. The lowest BCUT2D eigenvalue weighted by Gasteiger charge is -2.04. The molecule has 0 aliphatic heterocycles. The van der Waals surface area contributed by atoms with Crippen molar-refractivity contribution in [3.8, 4) is 0 Å². The van der Waals surface area contributed by atoms with Crippen molar-refractivity contribution in [1.82, 2.24) is 0 Å². The average Bonchev–Trinajstić information content (AvgIpc) is 2.24. The lowest BCUT2D eigenvalue weighted by molar-refractivity contribution is 0.556. The smallest absolute Gasteiger partial charge is 0.194 e. The van der Waals surface area contributed by atoms with Crippen molar-refractivity contribution in [2.24, 2.45) is 0 Å². The van der Waals surface area contributed by atoms with Gasteiger partial charge in [0.2, 0.25) is 0 Å². The van der Waals surface area contributed by atoms with E-state index in [-0.39, 0.29) is 0 Å². The molecule has 0 N–H and O–H groups in total. The van der Waals surface area contributed by atoms with Crippen LogP contribution in [-0.2, 0) is 10.2 Å². The summed E-state index contributed by atoms with van der Waals surface area (Å²) in [7, 11) is -4.51. The van der Waals surface area contributed by atoms with Crippen LogP contribution in [0.3, 0.4) is 0 Å². The predicted molar refractivity (Wildman–Crippen MR) is 64.7 cm³/mol. The molecule has 1 aromatic rings. The Labute approximate surface area is 100.0 Å². The predicted octanol–water partition coefficient (Wildman–Crippen LogP) is 3.00. The molecule has 0 fully saturated rings. The molecule has 16 heavy (non-hydrogen) atoms. The van der Waals surface area contributed by atoms with Crippen molar-refractivity contribution in [2.45, 2.75) is 6.42 Å². The molecule has 0 saturated heterocycles. The first kappa shape index (κ1) is 13.2. The highest BCUT2D eigenvalue weighted by atomic mass is 35.5. The van der Waals surface area contributed by atoms with Gasteiger partial charge in [-0.1, -0.05) is 36.4 Å². The summed E-state index contributed by atoms with van der Waals surface area (Å²) in [6.45, 7) is 0. The molecule has 0 aliphatic rings. The normalized spacial score (nSPS) is 12.8. The molecule has 0 atom stereocenters. The van der Waals surface area contributed by atoms with Gasteiger partial charge in [0, 0.05) is 5.88 Å². The Kier molecular flexibility index (Phi) is 4.96. The number of allylic oxidation sites excluding steroid dienone is 1. The van der Waals surface area contributed by atoms with Gasteiger partial charge in [-0.05, 0) is 17.6 Å². The maximum absolute atomic E-state index is 12.7. The zero-order chi connectivity index (χ0) is 12.0. The van der Waals surface area contributed by atoms with Crippen molar-refractivity contribution in [3.05, 3.63) is 42.0 Å². The third-order valence-corrected chi connectivity index (χ3v) is 2.85. The van der Waals surface area contributed by atoms with Crippen LogP contribution in [0.5, 0.6) is 0 Å². The molecule has 0 spiro atoms. The van der Waals surface area contributed by atoms with Crippen molar-refractivity contribution < 1.29 is 12.3 Å². The fourth-order valence-corrected chi connectivity index (χ4v) is 2.09. The van der Waals surface area contributed by atoms with Gasteiger partial charge >= 0.3 is 10.2 Å². The summed E-state index contributed by atoms with van der Waals surface area (Å²) < 4.78 is 33.9. The highest BCUT2D eigenvalue weighted by molar-refractivity contribution is 7.86. The van der Waals surface area contributed by atoms with Crippen LogP contribution >= 0.6 is 11.6 Å². The van der Waals surface area contributed by atoms with Crippen LogP contribution in [0.15, 0.2) is 36.4 Å². The van der Waals surface area contributed by atoms with E-state index in [1.807, 2.05) is 6.07 Å². The molecule has 0 heterocycles. The number of hydrogen-bond acceptors (Lipinski definition) is 2. The Morgan fingerprint density at radius 1 is 1.31 bits per heavy atom. The molecular formula is C11H12ClFO2S. The first-order chi connectivity index (χ1) is 7.53. The van der Waals surface area contributed by atoms with Crippen molar-refractivity contribution in [2.75, 3.05) is 11.6 Å². The van der Waals surface area contributed by atoms with Gasteiger partial charge in [-0.3, -0.25) is 0 Å². The second-order valence-electron chi connectivity index (χ2n) is 3.26. The Balaban J connectivity index is 2.98. The maximum Gasteiger partial charge on any atom is 0.306 e. The minimum absolute atomic E-state index is 0.378. The average molecular weight is 263 g/mol. The molecule has 0 saturated carbocycles. The molecule has 0 unspecified atom stereocenters. The molecule has 5 heteroatoms. The zero-order valence-electron chi connectivity index (χ0n) is 8.57. The first-order valence-corrected chi connectivity index (χ1v) is 6.84. The van der Waals surface area contributed by atoms with E-state index in [2.05, 4.69) is 0 Å². The van der Waals surface area contributed by atoms with Crippen LogP contribution in [0.25, 0.3) is 5.57 Å². The third kappa shape index (κ3) is 4.77. The van der Waals surface area contributed by atoms with E-state index in [4.69, 9.17) is 11.6 Å². The van der Waals surface area contributed by atoms with Crippen LogP contribution in [0.1, 0.15) is 12.0 Å². The standard InChI is InChI=1S/C11H12ClFO2S/c12-8-4-7-11(9-16(13,14)15)10-5-2-1-3-6-10/h1-3,5-7H,4,8-9H2. The highest BCUT2D eigenvalue weighted by Gasteiger charge is 2.12. The number of hydrogen-bond donors (Lipinski definition) is 0. The lowest BCUT2D eigenvalue weighted by Crippen LogP contribution is -2.01. The molecule has 0 aliphatic carbocycles. The van der Waals surface area contributed by atoms with E-state index >= 15 is 0 Å². The van der Waals surface area contributed by atoms with Crippen molar-refractivity contribution >= 4 is 27.4 Å².